The van der Waals surface area contributed by atoms with Crippen LogP contribution in [0.2, 0.25) is 0 Å². The van der Waals surface area contributed by atoms with Crippen LogP contribution in [0, 0.1) is 0 Å². The molecule has 0 aliphatic carbocycles. The molecule has 15 heavy (non-hydrogen) atoms. The van der Waals surface area contributed by atoms with E-state index < -0.39 is 0 Å². The van der Waals surface area contributed by atoms with E-state index in [0.717, 1.165) is 5.69 Å². The van der Waals surface area contributed by atoms with E-state index in [9.17, 15) is 4.79 Å². The van der Waals surface area contributed by atoms with Crippen LogP contribution in [0.4, 0.5) is 0 Å². The third kappa shape index (κ3) is 2.35. The summed E-state index contributed by atoms with van der Waals surface area (Å²) in [5.41, 5.74) is 1.22. The highest BCUT2D eigenvalue weighted by Crippen LogP contribution is 2.29. The van der Waals surface area contributed by atoms with Gasteiger partial charge in [-0.05, 0) is 13.0 Å². The normalized spacial score (nSPS) is 11.3. The summed E-state index contributed by atoms with van der Waals surface area (Å²) in [6.07, 6.45) is 1.67. The van der Waals surface area contributed by atoms with Crippen molar-refractivity contribution >= 4 is 5.78 Å². The summed E-state index contributed by atoms with van der Waals surface area (Å²) < 4.78 is 5.18. The van der Waals surface area contributed by atoms with Gasteiger partial charge in [0.15, 0.2) is 5.78 Å². The number of hydrogen-bond donors (Lipinski definition) is 0. The Morgan fingerprint density at radius 1 is 1.40 bits per heavy atom. The first-order chi connectivity index (χ1) is 6.88. The summed E-state index contributed by atoms with van der Waals surface area (Å²) >= 11 is 0. The molecular formula is C12H17NO2. The van der Waals surface area contributed by atoms with Gasteiger partial charge in [-0.25, -0.2) is 0 Å². The van der Waals surface area contributed by atoms with Crippen molar-refractivity contribution < 1.29 is 9.53 Å². The van der Waals surface area contributed by atoms with Crippen molar-refractivity contribution in [1.29, 1.82) is 0 Å². The smallest absolute Gasteiger partial charge is 0.165 e. The fourth-order valence-electron chi connectivity index (χ4n) is 1.52. The predicted molar refractivity (Wildman–Crippen MR) is 59.5 cm³/mol. The summed E-state index contributed by atoms with van der Waals surface area (Å²) in [5.74, 6) is 0.590. The lowest BCUT2D eigenvalue weighted by Crippen LogP contribution is -2.19. The molecule has 0 aliphatic heterocycles. The highest BCUT2D eigenvalue weighted by atomic mass is 16.5. The third-order valence-corrected chi connectivity index (χ3v) is 2.20. The second-order valence-electron chi connectivity index (χ2n) is 4.54. The quantitative estimate of drug-likeness (QED) is 0.700. The molecule has 1 heterocycles. The zero-order chi connectivity index (χ0) is 11.6. The minimum absolute atomic E-state index is 0.00937. The largest absolute Gasteiger partial charge is 0.496 e. The second-order valence-corrected chi connectivity index (χ2v) is 4.54. The number of carbonyl (C=O) groups excluding carboxylic acids is 1. The summed E-state index contributed by atoms with van der Waals surface area (Å²) in [6, 6.07) is 1.71. The number of ether oxygens (including phenoxy) is 1. The van der Waals surface area contributed by atoms with Crippen molar-refractivity contribution in [2.75, 3.05) is 7.11 Å². The summed E-state index contributed by atoms with van der Waals surface area (Å²) in [6.45, 7) is 7.62. The van der Waals surface area contributed by atoms with E-state index in [-0.39, 0.29) is 11.2 Å². The van der Waals surface area contributed by atoms with Gasteiger partial charge in [0, 0.05) is 11.6 Å². The molecule has 0 spiro atoms. The van der Waals surface area contributed by atoms with Gasteiger partial charge in [0.2, 0.25) is 0 Å². The molecule has 3 nitrogen and oxygen atoms in total. The van der Waals surface area contributed by atoms with Gasteiger partial charge in [-0.3, -0.25) is 9.78 Å². The molecule has 82 valence electrons. The molecular weight excluding hydrogens is 190 g/mol. The zero-order valence-corrected chi connectivity index (χ0v) is 9.92. The molecule has 0 saturated carbocycles. The number of rotatable bonds is 2. The first-order valence-corrected chi connectivity index (χ1v) is 4.92. The van der Waals surface area contributed by atoms with E-state index in [1.54, 1.807) is 19.4 Å². The molecule has 0 radical (unpaired) electrons. The second kappa shape index (κ2) is 4.01. The molecule has 3 heteroatoms. The Kier molecular flexibility index (Phi) is 3.12. The fraction of sp³-hybridized carbons (Fsp3) is 0.500. The Hall–Kier alpha value is -1.38. The van der Waals surface area contributed by atoms with Crippen LogP contribution in [0.1, 0.15) is 43.7 Å². The van der Waals surface area contributed by atoms with Gasteiger partial charge in [-0.15, -0.1) is 0 Å². The molecule has 0 aromatic carbocycles. The van der Waals surface area contributed by atoms with E-state index in [1.165, 1.54) is 6.92 Å². The van der Waals surface area contributed by atoms with Crippen molar-refractivity contribution in [3.8, 4) is 5.75 Å². The fourth-order valence-corrected chi connectivity index (χ4v) is 1.52. The first-order valence-electron chi connectivity index (χ1n) is 4.92. The average molecular weight is 207 g/mol. The Labute approximate surface area is 90.5 Å². The molecule has 1 rings (SSSR count). The minimum atomic E-state index is -0.157. The third-order valence-electron chi connectivity index (χ3n) is 2.20. The maximum atomic E-state index is 11.6. The molecule has 0 fully saturated rings. The van der Waals surface area contributed by atoms with Crippen LogP contribution in [0.25, 0.3) is 0 Å². The molecule has 1 aromatic rings. The van der Waals surface area contributed by atoms with Gasteiger partial charge in [0.1, 0.15) is 5.75 Å². The number of ketones is 1. The molecule has 1 aromatic heterocycles. The van der Waals surface area contributed by atoms with Crippen LogP contribution >= 0.6 is 0 Å². The van der Waals surface area contributed by atoms with Crippen LogP contribution in [-0.2, 0) is 5.41 Å². The molecule has 0 N–H and O–H groups in total. The first kappa shape index (κ1) is 11.7. The predicted octanol–water partition coefficient (Wildman–Crippen LogP) is 2.59. The number of Topliss-reactive ketones (excluding diaryl/α,β-unsaturated/α-hetero) is 1. The Balaban J connectivity index is 3.46. The van der Waals surface area contributed by atoms with Crippen LogP contribution in [0.5, 0.6) is 5.75 Å². The Morgan fingerprint density at radius 2 is 2.00 bits per heavy atom. The van der Waals surface area contributed by atoms with E-state index in [2.05, 4.69) is 4.98 Å². The summed E-state index contributed by atoms with van der Waals surface area (Å²) in [4.78, 5) is 15.9. The van der Waals surface area contributed by atoms with Gasteiger partial charge < -0.3 is 4.74 Å². The van der Waals surface area contributed by atoms with Gasteiger partial charge in [-0.1, -0.05) is 20.8 Å². The number of methoxy groups -OCH3 is 1. The topological polar surface area (TPSA) is 39.2 Å². The monoisotopic (exact) mass is 207 g/mol. The average Bonchev–Trinajstić information content (AvgIpc) is 2.15. The minimum Gasteiger partial charge on any atom is -0.496 e. The lowest BCUT2D eigenvalue weighted by molar-refractivity contribution is 0.101. The van der Waals surface area contributed by atoms with E-state index in [1.807, 2.05) is 20.8 Å². The SMILES string of the molecule is COc1ccnc(C(C)(C)C)c1C(C)=O. The molecule has 0 aliphatic rings. The summed E-state index contributed by atoms with van der Waals surface area (Å²) in [7, 11) is 1.56. The highest BCUT2D eigenvalue weighted by Gasteiger charge is 2.24. The number of nitrogens with zero attached hydrogens (tertiary/aromatic N) is 1. The lowest BCUT2D eigenvalue weighted by atomic mass is 9.87. The lowest BCUT2D eigenvalue weighted by Gasteiger charge is -2.21. The maximum Gasteiger partial charge on any atom is 0.165 e. The van der Waals surface area contributed by atoms with Gasteiger partial charge in [0.05, 0.1) is 18.4 Å². The van der Waals surface area contributed by atoms with E-state index >= 15 is 0 Å². The molecule has 0 amide bonds. The maximum absolute atomic E-state index is 11.6. The summed E-state index contributed by atoms with van der Waals surface area (Å²) in [5, 5.41) is 0. The number of aromatic nitrogens is 1. The van der Waals surface area contributed by atoms with Crippen molar-refractivity contribution in [2.24, 2.45) is 0 Å². The van der Waals surface area contributed by atoms with Crippen molar-refractivity contribution in [3.05, 3.63) is 23.5 Å². The van der Waals surface area contributed by atoms with E-state index in [4.69, 9.17) is 4.74 Å². The zero-order valence-electron chi connectivity index (χ0n) is 9.92. The van der Waals surface area contributed by atoms with Gasteiger partial charge >= 0.3 is 0 Å². The van der Waals surface area contributed by atoms with Crippen molar-refractivity contribution in [1.82, 2.24) is 4.98 Å². The Bertz CT molecular complexity index is 378. The standard InChI is InChI=1S/C12H17NO2/c1-8(14)10-9(15-5)6-7-13-11(10)12(2,3)4/h6-7H,1-5H3. The van der Waals surface area contributed by atoms with Crippen molar-refractivity contribution in [2.45, 2.75) is 33.1 Å². The molecule has 0 atom stereocenters. The van der Waals surface area contributed by atoms with Crippen LogP contribution < -0.4 is 4.74 Å². The van der Waals surface area contributed by atoms with Crippen molar-refractivity contribution in [3.63, 3.8) is 0 Å². The van der Waals surface area contributed by atoms with Crippen LogP contribution in [-0.4, -0.2) is 17.9 Å². The van der Waals surface area contributed by atoms with Gasteiger partial charge in [-0.2, -0.15) is 0 Å². The molecule has 0 saturated heterocycles. The van der Waals surface area contributed by atoms with Crippen LogP contribution in [0.15, 0.2) is 12.3 Å². The number of hydrogen-bond acceptors (Lipinski definition) is 3. The van der Waals surface area contributed by atoms with Gasteiger partial charge in [0.25, 0.3) is 0 Å². The number of carbonyl (C=O) groups is 1. The van der Waals surface area contributed by atoms with E-state index in [0.29, 0.717) is 11.3 Å². The van der Waals surface area contributed by atoms with Crippen LogP contribution in [0.3, 0.4) is 0 Å². The molecule has 0 bridgehead atoms. The molecule has 0 unspecified atom stereocenters. The highest BCUT2D eigenvalue weighted by molar-refractivity contribution is 5.98. The Morgan fingerprint density at radius 3 is 2.40 bits per heavy atom. The number of pyridine rings is 1.